The number of anilines is 1. The first kappa shape index (κ1) is 11.6. The van der Waals surface area contributed by atoms with Gasteiger partial charge in [0, 0.05) is 24.5 Å². The van der Waals surface area contributed by atoms with Crippen LogP contribution in [0.15, 0.2) is 17.6 Å². The summed E-state index contributed by atoms with van der Waals surface area (Å²) in [5, 5.41) is 6.57. The zero-order valence-electron chi connectivity index (χ0n) is 9.72. The highest BCUT2D eigenvalue weighted by Gasteiger charge is 2.19. The second kappa shape index (κ2) is 3.88. The molecule has 0 atom stereocenters. The number of hydrogen-bond donors (Lipinski definition) is 2. The first-order valence-corrected chi connectivity index (χ1v) is 6.41. The molecule has 2 heterocycles. The van der Waals surface area contributed by atoms with E-state index in [-0.39, 0.29) is 5.03 Å². The van der Waals surface area contributed by atoms with E-state index in [0.717, 1.165) is 11.3 Å². The lowest BCUT2D eigenvalue weighted by Gasteiger charge is -2.02. The van der Waals surface area contributed by atoms with Gasteiger partial charge in [0.15, 0.2) is 10.8 Å². The van der Waals surface area contributed by atoms with Gasteiger partial charge >= 0.3 is 0 Å². The maximum atomic E-state index is 11.9. The topological polar surface area (TPSA) is 92.7 Å². The van der Waals surface area contributed by atoms with E-state index in [1.54, 1.807) is 18.5 Å². The van der Waals surface area contributed by atoms with E-state index in [0.29, 0.717) is 5.82 Å². The zero-order chi connectivity index (χ0) is 12.6. The molecule has 0 unspecified atom stereocenters. The van der Waals surface area contributed by atoms with Gasteiger partial charge in [0.25, 0.3) is 10.0 Å². The van der Waals surface area contributed by atoms with Crippen LogP contribution >= 0.6 is 0 Å². The van der Waals surface area contributed by atoms with Crippen molar-refractivity contribution in [1.29, 1.82) is 0 Å². The molecule has 17 heavy (non-hydrogen) atoms. The quantitative estimate of drug-likeness (QED) is 0.838. The Balaban J connectivity index is 2.33. The Hall–Kier alpha value is -1.83. The van der Waals surface area contributed by atoms with Crippen molar-refractivity contribution in [3.63, 3.8) is 0 Å². The number of nitrogens with zero attached hydrogens (tertiary/aromatic N) is 3. The smallest absolute Gasteiger partial charge is 0.282 e. The normalized spacial score (nSPS) is 11.7. The number of H-pyrrole nitrogens is 1. The number of imidazole rings is 1. The summed E-state index contributed by atoms with van der Waals surface area (Å²) in [5.41, 5.74) is 1.59. The van der Waals surface area contributed by atoms with Crippen molar-refractivity contribution in [3.05, 3.63) is 23.8 Å². The third-order valence-corrected chi connectivity index (χ3v) is 3.66. The van der Waals surface area contributed by atoms with Gasteiger partial charge in [-0.2, -0.15) is 13.5 Å². The van der Waals surface area contributed by atoms with E-state index in [1.165, 1.54) is 12.5 Å². The van der Waals surface area contributed by atoms with Gasteiger partial charge in [0.1, 0.15) is 0 Å². The summed E-state index contributed by atoms with van der Waals surface area (Å²) in [7, 11) is -1.96. The summed E-state index contributed by atoms with van der Waals surface area (Å²) in [6.07, 6.45) is 2.86. The Kier molecular flexibility index (Phi) is 2.66. The molecule has 8 heteroatoms. The van der Waals surface area contributed by atoms with Gasteiger partial charge in [-0.1, -0.05) is 0 Å². The molecule has 0 amide bonds. The first-order chi connectivity index (χ1) is 7.90. The second-order valence-electron chi connectivity index (χ2n) is 3.81. The van der Waals surface area contributed by atoms with Crippen LogP contribution in [0.25, 0.3) is 0 Å². The highest BCUT2D eigenvalue weighted by molar-refractivity contribution is 7.92. The maximum Gasteiger partial charge on any atom is 0.282 e. The molecule has 0 spiro atoms. The summed E-state index contributed by atoms with van der Waals surface area (Å²) >= 11 is 0. The number of hydrogen-bond acceptors (Lipinski definition) is 4. The molecule has 7 nitrogen and oxygen atoms in total. The number of sulfonamides is 1. The SMILES string of the molecule is Cc1[nH]nc(NS(=O)(=O)c2cn(C)cn2)c1C. The molecule has 0 aromatic carbocycles. The molecule has 0 saturated carbocycles. The van der Waals surface area contributed by atoms with E-state index in [9.17, 15) is 8.42 Å². The van der Waals surface area contributed by atoms with Crippen LogP contribution in [0.2, 0.25) is 0 Å². The van der Waals surface area contributed by atoms with Crippen molar-refractivity contribution in [2.45, 2.75) is 18.9 Å². The van der Waals surface area contributed by atoms with Crippen molar-refractivity contribution < 1.29 is 8.42 Å². The molecule has 0 aliphatic rings. The van der Waals surface area contributed by atoms with Crippen molar-refractivity contribution in [2.24, 2.45) is 7.05 Å². The number of rotatable bonds is 3. The number of aromatic amines is 1. The van der Waals surface area contributed by atoms with Gasteiger partial charge in [-0.05, 0) is 13.8 Å². The van der Waals surface area contributed by atoms with Crippen molar-refractivity contribution in [3.8, 4) is 0 Å². The Morgan fingerprint density at radius 2 is 2.12 bits per heavy atom. The van der Waals surface area contributed by atoms with Crippen LogP contribution in [0, 0.1) is 13.8 Å². The number of aryl methyl sites for hydroxylation is 2. The van der Waals surface area contributed by atoms with E-state index in [1.807, 2.05) is 6.92 Å². The molecule has 2 aromatic heterocycles. The second-order valence-corrected chi connectivity index (χ2v) is 5.43. The Morgan fingerprint density at radius 3 is 2.59 bits per heavy atom. The number of nitrogens with one attached hydrogen (secondary N) is 2. The van der Waals surface area contributed by atoms with Crippen LogP contribution in [0.1, 0.15) is 11.3 Å². The van der Waals surface area contributed by atoms with Gasteiger partial charge in [0.2, 0.25) is 0 Å². The van der Waals surface area contributed by atoms with Gasteiger partial charge in [-0.15, -0.1) is 0 Å². The lowest BCUT2D eigenvalue weighted by molar-refractivity contribution is 0.598. The molecule has 0 radical (unpaired) electrons. The fraction of sp³-hybridized carbons (Fsp3) is 0.333. The van der Waals surface area contributed by atoms with Crippen molar-refractivity contribution in [2.75, 3.05) is 4.72 Å². The number of aromatic nitrogens is 4. The zero-order valence-corrected chi connectivity index (χ0v) is 10.5. The summed E-state index contributed by atoms with van der Waals surface area (Å²) < 4.78 is 27.8. The Bertz CT molecular complexity index is 640. The van der Waals surface area contributed by atoms with E-state index in [2.05, 4.69) is 19.9 Å². The van der Waals surface area contributed by atoms with Crippen LogP contribution in [0.4, 0.5) is 5.82 Å². The van der Waals surface area contributed by atoms with E-state index in [4.69, 9.17) is 0 Å². The molecule has 92 valence electrons. The largest absolute Gasteiger partial charge is 0.339 e. The Labute approximate surface area is 98.9 Å². The van der Waals surface area contributed by atoms with Crippen LogP contribution in [-0.4, -0.2) is 28.2 Å². The van der Waals surface area contributed by atoms with E-state index >= 15 is 0 Å². The molecule has 0 aliphatic carbocycles. The highest BCUT2D eigenvalue weighted by Crippen LogP contribution is 2.17. The van der Waals surface area contributed by atoms with Crippen molar-refractivity contribution >= 4 is 15.8 Å². The average Bonchev–Trinajstić information content (AvgIpc) is 2.80. The fourth-order valence-corrected chi connectivity index (χ4v) is 2.34. The van der Waals surface area contributed by atoms with Crippen LogP contribution in [0.3, 0.4) is 0 Å². The molecule has 0 fully saturated rings. The minimum atomic E-state index is -3.67. The van der Waals surface area contributed by atoms with Crippen LogP contribution < -0.4 is 4.72 Å². The molecule has 0 saturated heterocycles. The lowest BCUT2D eigenvalue weighted by atomic mass is 10.3. The van der Waals surface area contributed by atoms with Crippen molar-refractivity contribution in [1.82, 2.24) is 19.7 Å². The summed E-state index contributed by atoms with van der Waals surface area (Å²) in [5.74, 6) is 0.299. The predicted octanol–water partition coefficient (Wildman–Crippen LogP) is 0.561. The lowest BCUT2D eigenvalue weighted by Crippen LogP contribution is -2.14. The van der Waals surface area contributed by atoms with Crippen LogP contribution in [0.5, 0.6) is 0 Å². The fourth-order valence-electron chi connectivity index (χ4n) is 1.29. The third-order valence-electron chi connectivity index (χ3n) is 2.44. The third kappa shape index (κ3) is 2.16. The minimum Gasteiger partial charge on any atom is -0.339 e. The van der Waals surface area contributed by atoms with Gasteiger partial charge in [-0.3, -0.25) is 9.82 Å². The summed E-state index contributed by atoms with van der Waals surface area (Å²) in [6, 6.07) is 0. The first-order valence-electron chi connectivity index (χ1n) is 4.92. The highest BCUT2D eigenvalue weighted by atomic mass is 32.2. The monoisotopic (exact) mass is 255 g/mol. The predicted molar refractivity (Wildman–Crippen MR) is 62.1 cm³/mol. The average molecular weight is 255 g/mol. The minimum absolute atomic E-state index is 0.0277. The molecule has 0 bridgehead atoms. The molecule has 2 N–H and O–H groups in total. The molecule has 2 aromatic rings. The van der Waals surface area contributed by atoms with Gasteiger partial charge in [-0.25, -0.2) is 4.98 Å². The molecule has 2 rings (SSSR count). The summed E-state index contributed by atoms with van der Waals surface area (Å²) in [6.45, 7) is 3.61. The maximum absolute atomic E-state index is 11.9. The Morgan fingerprint density at radius 1 is 1.41 bits per heavy atom. The molecular weight excluding hydrogens is 242 g/mol. The van der Waals surface area contributed by atoms with E-state index < -0.39 is 10.0 Å². The van der Waals surface area contributed by atoms with Crippen LogP contribution in [-0.2, 0) is 17.1 Å². The van der Waals surface area contributed by atoms with Gasteiger partial charge < -0.3 is 4.57 Å². The van der Waals surface area contributed by atoms with Gasteiger partial charge in [0.05, 0.1) is 6.33 Å². The molecule has 0 aliphatic heterocycles. The standard InChI is InChI=1S/C9H13N5O2S/c1-6-7(2)11-12-9(6)13-17(15,16)8-4-14(3)5-10-8/h4-5H,1-3H3,(H2,11,12,13). The molecular formula is C9H13N5O2S. The summed E-state index contributed by atoms with van der Waals surface area (Å²) in [4.78, 5) is 3.79.